The molecule has 1 fully saturated rings. The molecule has 1 atom stereocenters. The molecule has 0 saturated heterocycles. The predicted molar refractivity (Wildman–Crippen MR) is 59.5 cm³/mol. The van der Waals surface area contributed by atoms with Crippen molar-refractivity contribution in [2.45, 2.75) is 37.8 Å². The van der Waals surface area contributed by atoms with Crippen LogP contribution in [0.2, 0.25) is 0 Å². The SMILES string of the molecule is CC(NCC1(O)CCC1)c1ccccn1. The van der Waals surface area contributed by atoms with Gasteiger partial charge in [-0.15, -0.1) is 0 Å². The Bertz CT molecular complexity index is 309. The van der Waals surface area contributed by atoms with E-state index in [9.17, 15) is 5.11 Å². The van der Waals surface area contributed by atoms with Crippen LogP contribution in [0.4, 0.5) is 0 Å². The minimum absolute atomic E-state index is 0.204. The molecule has 1 saturated carbocycles. The lowest BCUT2D eigenvalue weighted by atomic mass is 9.80. The molecule has 0 bridgehead atoms. The van der Waals surface area contributed by atoms with Crippen molar-refractivity contribution in [2.75, 3.05) is 6.54 Å². The number of hydrogen-bond acceptors (Lipinski definition) is 3. The maximum absolute atomic E-state index is 9.92. The van der Waals surface area contributed by atoms with E-state index >= 15 is 0 Å². The fraction of sp³-hybridized carbons (Fsp3) is 0.583. The summed E-state index contributed by atoms with van der Waals surface area (Å²) in [5.41, 5.74) is 0.573. The summed E-state index contributed by atoms with van der Waals surface area (Å²) >= 11 is 0. The lowest BCUT2D eigenvalue weighted by Crippen LogP contribution is -2.46. The lowest BCUT2D eigenvalue weighted by Gasteiger charge is -2.37. The first-order valence-electron chi connectivity index (χ1n) is 5.56. The van der Waals surface area contributed by atoms with Gasteiger partial charge in [-0.25, -0.2) is 0 Å². The Morgan fingerprint density at radius 1 is 1.53 bits per heavy atom. The average Bonchev–Trinajstić information content (AvgIpc) is 2.24. The summed E-state index contributed by atoms with van der Waals surface area (Å²) in [6.45, 7) is 2.75. The molecule has 3 nitrogen and oxygen atoms in total. The minimum Gasteiger partial charge on any atom is -0.389 e. The number of aliphatic hydroxyl groups is 1. The van der Waals surface area contributed by atoms with Crippen molar-refractivity contribution < 1.29 is 5.11 Å². The van der Waals surface area contributed by atoms with Crippen molar-refractivity contribution >= 4 is 0 Å². The highest BCUT2D eigenvalue weighted by Gasteiger charge is 2.34. The maximum atomic E-state index is 9.92. The smallest absolute Gasteiger partial charge is 0.0771 e. The highest BCUT2D eigenvalue weighted by molar-refractivity contribution is 5.08. The van der Waals surface area contributed by atoms with Crippen molar-refractivity contribution in [1.82, 2.24) is 10.3 Å². The molecule has 3 heteroatoms. The van der Waals surface area contributed by atoms with E-state index in [0.29, 0.717) is 6.54 Å². The normalized spacial score (nSPS) is 20.7. The summed E-state index contributed by atoms with van der Waals surface area (Å²) in [6.07, 6.45) is 4.80. The molecule has 2 rings (SSSR count). The molecule has 0 aromatic carbocycles. The van der Waals surface area contributed by atoms with E-state index in [0.717, 1.165) is 25.0 Å². The van der Waals surface area contributed by atoms with Gasteiger partial charge < -0.3 is 10.4 Å². The second-order valence-electron chi connectivity index (χ2n) is 4.44. The van der Waals surface area contributed by atoms with Crippen LogP contribution in [0.15, 0.2) is 24.4 Å². The molecule has 0 radical (unpaired) electrons. The van der Waals surface area contributed by atoms with Gasteiger partial charge in [-0.05, 0) is 38.3 Å². The van der Waals surface area contributed by atoms with Gasteiger partial charge in [-0.3, -0.25) is 4.98 Å². The van der Waals surface area contributed by atoms with E-state index < -0.39 is 5.60 Å². The standard InChI is InChI=1S/C12H18N2O/c1-10(11-5-2-3-8-13-11)14-9-12(15)6-4-7-12/h2-3,5,8,10,14-15H,4,6-7,9H2,1H3. The highest BCUT2D eigenvalue weighted by Crippen LogP contribution is 2.31. The molecule has 1 aromatic heterocycles. The van der Waals surface area contributed by atoms with Gasteiger partial charge in [0.2, 0.25) is 0 Å². The zero-order chi connectivity index (χ0) is 10.7. The molecular formula is C12H18N2O. The molecule has 1 aromatic rings. The third-order valence-electron chi connectivity index (χ3n) is 3.15. The highest BCUT2D eigenvalue weighted by atomic mass is 16.3. The molecule has 1 heterocycles. The summed E-state index contributed by atoms with van der Waals surface area (Å²) in [6, 6.07) is 6.10. The van der Waals surface area contributed by atoms with Crippen molar-refractivity contribution in [3.8, 4) is 0 Å². The quantitative estimate of drug-likeness (QED) is 0.787. The van der Waals surface area contributed by atoms with Gasteiger partial charge in [0, 0.05) is 18.8 Å². The van der Waals surface area contributed by atoms with Gasteiger partial charge >= 0.3 is 0 Å². The molecule has 0 amide bonds. The largest absolute Gasteiger partial charge is 0.389 e. The lowest BCUT2D eigenvalue weighted by molar-refractivity contribution is -0.0330. The molecule has 1 unspecified atom stereocenters. The molecule has 1 aliphatic rings. The maximum Gasteiger partial charge on any atom is 0.0771 e. The van der Waals surface area contributed by atoms with Gasteiger partial charge in [0.05, 0.1) is 11.3 Å². The van der Waals surface area contributed by atoms with Crippen LogP contribution in [0.3, 0.4) is 0 Å². The topological polar surface area (TPSA) is 45.1 Å². The molecule has 0 spiro atoms. The third kappa shape index (κ3) is 2.55. The van der Waals surface area contributed by atoms with Crippen LogP contribution in [0.25, 0.3) is 0 Å². The van der Waals surface area contributed by atoms with Gasteiger partial charge in [-0.2, -0.15) is 0 Å². The van der Waals surface area contributed by atoms with E-state index in [2.05, 4.69) is 17.2 Å². The first kappa shape index (κ1) is 10.6. The summed E-state index contributed by atoms with van der Waals surface area (Å²) in [7, 11) is 0. The van der Waals surface area contributed by atoms with Crippen LogP contribution in [-0.2, 0) is 0 Å². The summed E-state index contributed by atoms with van der Waals surface area (Å²) in [4.78, 5) is 4.28. The first-order chi connectivity index (χ1) is 7.20. The van der Waals surface area contributed by atoms with Gasteiger partial charge in [-0.1, -0.05) is 6.07 Å². The number of pyridine rings is 1. The minimum atomic E-state index is -0.455. The van der Waals surface area contributed by atoms with Crippen LogP contribution in [0.5, 0.6) is 0 Å². The van der Waals surface area contributed by atoms with Crippen LogP contribution in [-0.4, -0.2) is 22.2 Å². The van der Waals surface area contributed by atoms with Crippen molar-refractivity contribution in [3.63, 3.8) is 0 Å². The van der Waals surface area contributed by atoms with Crippen LogP contribution >= 0.6 is 0 Å². The Hall–Kier alpha value is -0.930. The zero-order valence-corrected chi connectivity index (χ0v) is 9.11. The van der Waals surface area contributed by atoms with E-state index in [-0.39, 0.29) is 6.04 Å². The molecule has 2 N–H and O–H groups in total. The Morgan fingerprint density at radius 2 is 2.33 bits per heavy atom. The molecular weight excluding hydrogens is 188 g/mol. The van der Waals surface area contributed by atoms with Gasteiger partial charge in [0.25, 0.3) is 0 Å². The first-order valence-corrected chi connectivity index (χ1v) is 5.56. The summed E-state index contributed by atoms with van der Waals surface area (Å²) in [5.74, 6) is 0. The number of aromatic nitrogens is 1. The Morgan fingerprint density at radius 3 is 2.87 bits per heavy atom. The Balaban J connectivity index is 1.85. The van der Waals surface area contributed by atoms with E-state index in [1.807, 2.05) is 18.2 Å². The van der Waals surface area contributed by atoms with Gasteiger partial charge in [0.15, 0.2) is 0 Å². The third-order valence-corrected chi connectivity index (χ3v) is 3.15. The second-order valence-corrected chi connectivity index (χ2v) is 4.44. The predicted octanol–water partition coefficient (Wildman–Crippen LogP) is 1.65. The molecule has 15 heavy (non-hydrogen) atoms. The average molecular weight is 206 g/mol. The fourth-order valence-corrected chi connectivity index (χ4v) is 1.84. The number of hydrogen-bond donors (Lipinski definition) is 2. The van der Waals surface area contributed by atoms with Gasteiger partial charge in [0.1, 0.15) is 0 Å². The van der Waals surface area contributed by atoms with Crippen LogP contribution < -0.4 is 5.32 Å². The van der Waals surface area contributed by atoms with E-state index in [1.165, 1.54) is 0 Å². The number of nitrogens with zero attached hydrogens (tertiary/aromatic N) is 1. The monoisotopic (exact) mass is 206 g/mol. The summed E-state index contributed by atoms with van der Waals surface area (Å²) < 4.78 is 0. The van der Waals surface area contributed by atoms with E-state index in [4.69, 9.17) is 0 Å². The molecule has 0 aliphatic heterocycles. The second kappa shape index (κ2) is 4.29. The van der Waals surface area contributed by atoms with E-state index in [1.54, 1.807) is 6.20 Å². The number of nitrogens with one attached hydrogen (secondary N) is 1. The van der Waals surface area contributed by atoms with Crippen LogP contribution in [0.1, 0.15) is 37.9 Å². The van der Waals surface area contributed by atoms with Crippen LogP contribution in [0, 0.1) is 0 Å². The molecule has 1 aliphatic carbocycles. The van der Waals surface area contributed by atoms with Crippen molar-refractivity contribution in [2.24, 2.45) is 0 Å². The Labute approximate surface area is 90.5 Å². The van der Waals surface area contributed by atoms with Crippen molar-refractivity contribution in [3.05, 3.63) is 30.1 Å². The zero-order valence-electron chi connectivity index (χ0n) is 9.11. The molecule has 82 valence electrons. The van der Waals surface area contributed by atoms with Crippen molar-refractivity contribution in [1.29, 1.82) is 0 Å². The fourth-order valence-electron chi connectivity index (χ4n) is 1.84. The number of rotatable bonds is 4. The Kier molecular flexibility index (Phi) is 3.03. The summed E-state index contributed by atoms with van der Waals surface area (Å²) in [5, 5.41) is 13.3.